The molecule has 0 saturated carbocycles. The number of nitrogens with zero attached hydrogens (tertiary/aromatic N) is 1. The van der Waals surface area contributed by atoms with Crippen molar-refractivity contribution in [3.05, 3.63) is 35.7 Å². The van der Waals surface area contributed by atoms with Crippen LogP contribution >= 0.6 is 11.8 Å². The van der Waals surface area contributed by atoms with Gasteiger partial charge >= 0.3 is 5.97 Å². The van der Waals surface area contributed by atoms with Gasteiger partial charge in [0.05, 0.1) is 5.69 Å². The van der Waals surface area contributed by atoms with Crippen molar-refractivity contribution >= 4 is 29.5 Å². The van der Waals surface area contributed by atoms with Crippen molar-refractivity contribution in [2.45, 2.75) is 19.4 Å². The van der Waals surface area contributed by atoms with Gasteiger partial charge in [0, 0.05) is 19.2 Å². The van der Waals surface area contributed by atoms with E-state index in [0.717, 1.165) is 18.2 Å². The van der Waals surface area contributed by atoms with Crippen molar-refractivity contribution in [3.8, 4) is 0 Å². The second kappa shape index (κ2) is 7.94. The second-order valence-corrected chi connectivity index (χ2v) is 5.61. The van der Waals surface area contributed by atoms with E-state index in [9.17, 15) is 9.18 Å². The zero-order valence-corrected chi connectivity index (χ0v) is 12.8. The Morgan fingerprint density at radius 3 is 2.80 bits per heavy atom. The molecule has 0 aliphatic carbocycles. The molecule has 1 aromatic carbocycles. The van der Waals surface area contributed by atoms with Crippen LogP contribution in [0, 0.1) is 5.82 Å². The van der Waals surface area contributed by atoms with Gasteiger partial charge in [-0.05, 0) is 49.1 Å². The third-order valence-corrected chi connectivity index (χ3v) is 3.81. The number of thioether (sulfide) groups is 1. The highest BCUT2D eigenvalue weighted by Crippen LogP contribution is 2.23. The van der Waals surface area contributed by atoms with Gasteiger partial charge in [-0.15, -0.1) is 0 Å². The summed E-state index contributed by atoms with van der Waals surface area (Å²) in [7, 11) is 1.87. The molecule has 20 heavy (non-hydrogen) atoms. The van der Waals surface area contributed by atoms with E-state index < -0.39 is 5.97 Å². The fraction of sp³-hybridized carbons (Fsp3) is 0.400. The zero-order chi connectivity index (χ0) is 15.1. The van der Waals surface area contributed by atoms with Gasteiger partial charge in [0.1, 0.15) is 5.82 Å². The summed E-state index contributed by atoms with van der Waals surface area (Å²) in [5, 5.41) is 8.55. The highest BCUT2D eigenvalue weighted by molar-refractivity contribution is 7.98. The number of carboxylic acid groups (broad SMARTS) is 1. The lowest BCUT2D eigenvalue weighted by atomic mass is 10.1. The molecule has 1 unspecified atom stereocenters. The smallest absolute Gasteiger partial charge is 0.328 e. The van der Waals surface area contributed by atoms with E-state index in [1.807, 2.05) is 11.9 Å². The van der Waals surface area contributed by atoms with E-state index in [1.165, 1.54) is 12.1 Å². The Labute approximate surface area is 123 Å². The number of halogens is 1. The van der Waals surface area contributed by atoms with E-state index >= 15 is 0 Å². The molecule has 0 aliphatic heterocycles. The molecule has 0 fully saturated rings. The van der Waals surface area contributed by atoms with Crippen molar-refractivity contribution in [2.75, 3.05) is 24.0 Å². The number of anilines is 1. The Bertz CT molecular complexity index is 491. The second-order valence-electron chi connectivity index (χ2n) is 4.62. The number of carboxylic acids is 1. The topological polar surface area (TPSA) is 40.5 Å². The first kappa shape index (κ1) is 16.6. The Kier molecular flexibility index (Phi) is 6.58. The van der Waals surface area contributed by atoms with Gasteiger partial charge in [-0.2, -0.15) is 11.8 Å². The summed E-state index contributed by atoms with van der Waals surface area (Å²) in [4.78, 5) is 12.3. The van der Waals surface area contributed by atoms with Crippen LogP contribution in [0.1, 0.15) is 18.9 Å². The number of aliphatic carboxylic acids is 1. The van der Waals surface area contributed by atoms with Crippen LogP contribution in [0.2, 0.25) is 0 Å². The molecule has 0 aliphatic rings. The van der Waals surface area contributed by atoms with Crippen molar-refractivity contribution in [1.82, 2.24) is 0 Å². The molecule has 5 heteroatoms. The van der Waals surface area contributed by atoms with Crippen LogP contribution in [-0.2, 0) is 4.79 Å². The van der Waals surface area contributed by atoms with Crippen LogP contribution in [0.25, 0.3) is 6.08 Å². The number of carbonyl (C=O) groups is 1. The van der Waals surface area contributed by atoms with Gasteiger partial charge in [-0.3, -0.25) is 0 Å². The SMILES string of the molecule is CSCCC(C)N(C)c1ccc(/C=C/C(=O)O)cc1F. The molecule has 1 rings (SSSR count). The van der Waals surface area contributed by atoms with Gasteiger partial charge < -0.3 is 10.0 Å². The standard InChI is InChI=1S/C15H20FNO2S/c1-11(8-9-20-3)17(2)14-6-4-12(10-13(14)16)5-7-15(18)19/h4-7,10-11H,8-9H2,1-3H3,(H,18,19)/b7-5+. The van der Waals surface area contributed by atoms with Crippen LogP contribution in [0.5, 0.6) is 0 Å². The third kappa shape index (κ3) is 4.89. The van der Waals surface area contributed by atoms with E-state index in [4.69, 9.17) is 5.11 Å². The van der Waals surface area contributed by atoms with Crippen LogP contribution in [0.3, 0.4) is 0 Å². The molecule has 110 valence electrons. The summed E-state index contributed by atoms with van der Waals surface area (Å²) in [6, 6.07) is 5.01. The average Bonchev–Trinajstić information content (AvgIpc) is 2.41. The van der Waals surface area contributed by atoms with E-state index in [0.29, 0.717) is 11.3 Å². The van der Waals surface area contributed by atoms with Crippen molar-refractivity contribution < 1.29 is 14.3 Å². The number of hydrogen-bond donors (Lipinski definition) is 1. The van der Waals surface area contributed by atoms with E-state index in [2.05, 4.69) is 13.2 Å². The largest absolute Gasteiger partial charge is 0.478 e. The Hall–Kier alpha value is -1.49. The molecule has 0 saturated heterocycles. The fourth-order valence-electron chi connectivity index (χ4n) is 1.80. The van der Waals surface area contributed by atoms with Crippen LogP contribution in [-0.4, -0.2) is 36.2 Å². The average molecular weight is 297 g/mol. The van der Waals surface area contributed by atoms with Crippen molar-refractivity contribution in [2.24, 2.45) is 0 Å². The lowest BCUT2D eigenvalue weighted by molar-refractivity contribution is -0.131. The maximum atomic E-state index is 14.1. The monoisotopic (exact) mass is 297 g/mol. The molecule has 0 spiro atoms. The summed E-state index contributed by atoms with van der Waals surface area (Å²) in [5.41, 5.74) is 1.07. The molecular weight excluding hydrogens is 277 g/mol. The molecule has 3 nitrogen and oxygen atoms in total. The normalized spacial score (nSPS) is 12.6. The lowest BCUT2D eigenvalue weighted by Crippen LogP contribution is -2.30. The van der Waals surface area contributed by atoms with Gasteiger partial charge in [0.15, 0.2) is 0 Å². The predicted molar refractivity (Wildman–Crippen MR) is 83.9 cm³/mol. The summed E-state index contributed by atoms with van der Waals surface area (Å²) in [6.07, 6.45) is 5.42. The summed E-state index contributed by atoms with van der Waals surface area (Å²) in [5.74, 6) is -0.347. The Balaban J connectivity index is 2.84. The lowest BCUT2D eigenvalue weighted by Gasteiger charge is -2.27. The first-order chi connectivity index (χ1) is 9.45. The van der Waals surface area contributed by atoms with Crippen molar-refractivity contribution in [1.29, 1.82) is 0 Å². The van der Waals surface area contributed by atoms with Gasteiger partial charge in [-0.25, -0.2) is 9.18 Å². The van der Waals surface area contributed by atoms with Crippen LogP contribution in [0.4, 0.5) is 10.1 Å². The number of hydrogen-bond acceptors (Lipinski definition) is 3. The van der Waals surface area contributed by atoms with E-state index in [-0.39, 0.29) is 11.9 Å². The Morgan fingerprint density at radius 2 is 2.25 bits per heavy atom. The summed E-state index contributed by atoms with van der Waals surface area (Å²) in [6.45, 7) is 2.06. The minimum absolute atomic E-state index is 0.248. The van der Waals surface area contributed by atoms with Crippen LogP contribution < -0.4 is 4.90 Å². The van der Waals surface area contributed by atoms with Crippen molar-refractivity contribution in [3.63, 3.8) is 0 Å². The maximum absolute atomic E-state index is 14.1. The predicted octanol–water partition coefficient (Wildman–Crippen LogP) is 3.50. The fourth-order valence-corrected chi connectivity index (χ4v) is 2.38. The molecule has 1 aromatic rings. The highest BCUT2D eigenvalue weighted by atomic mass is 32.2. The van der Waals surface area contributed by atoms with Gasteiger partial charge in [0.2, 0.25) is 0 Å². The quantitative estimate of drug-likeness (QED) is 0.782. The minimum atomic E-state index is -1.04. The number of benzene rings is 1. The maximum Gasteiger partial charge on any atom is 0.328 e. The molecular formula is C15H20FNO2S. The molecule has 0 bridgehead atoms. The first-order valence-electron chi connectivity index (χ1n) is 6.38. The molecule has 0 heterocycles. The summed E-state index contributed by atoms with van der Waals surface area (Å²) >= 11 is 1.77. The molecule has 0 aromatic heterocycles. The summed E-state index contributed by atoms with van der Waals surface area (Å²) < 4.78 is 14.1. The van der Waals surface area contributed by atoms with Crippen LogP contribution in [0.15, 0.2) is 24.3 Å². The van der Waals surface area contributed by atoms with Gasteiger partial charge in [-0.1, -0.05) is 6.07 Å². The minimum Gasteiger partial charge on any atom is -0.478 e. The third-order valence-electron chi connectivity index (χ3n) is 3.17. The molecule has 0 radical (unpaired) electrons. The molecule has 1 atom stereocenters. The molecule has 0 amide bonds. The highest BCUT2D eigenvalue weighted by Gasteiger charge is 2.13. The molecule has 1 N–H and O–H groups in total. The first-order valence-corrected chi connectivity index (χ1v) is 7.77. The zero-order valence-electron chi connectivity index (χ0n) is 12.0. The Morgan fingerprint density at radius 1 is 1.55 bits per heavy atom. The van der Waals surface area contributed by atoms with E-state index in [1.54, 1.807) is 23.9 Å². The number of rotatable bonds is 7. The van der Waals surface area contributed by atoms with Gasteiger partial charge in [0.25, 0.3) is 0 Å².